The standard InChI is InChI=1S/C11H15N3S/c1-7-5-9(7)12-6-10-8(2)13-11-14(10)3-4-15-11/h3-4,7,9,12H,5-6H2,1-2H3. The van der Waals surface area contributed by atoms with Gasteiger partial charge in [0.15, 0.2) is 4.96 Å². The number of aryl methyl sites for hydroxylation is 1. The van der Waals surface area contributed by atoms with E-state index in [1.54, 1.807) is 11.3 Å². The lowest BCUT2D eigenvalue weighted by molar-refractivity contribution is 0.637. The van der Waals surface area contributed by atoms with Crippen LogP contribution >= 0.6 is 11.3 Å². The normalized spacial score (nSPS) is 24.9. The SMILES string of the molecule is Cc1nc2sccn2c1CNC1CC1C. The highest BCUT2D eigenvalue weighted by Gasteiger charge is 2.32. The van der Waals surface area contributed by atoms with Crippen LogP contribution in [-0.4, -0.2) is 15.4 Å². The second kappa shape index (κ2) is 3.32. The number of nitrogens with one attached hydrogen (secondary N) is 1. The minimum Gasteiger partial charge on any atom is -0.308 e. The van der Waals surface area contributed by atoms with Crippen LogP contribution < -0.4 is 5.32 Å². The van der Waals surface area contributed by atoms with Crippen molar-refractivity contribution in [2.45, 2.75) is 32.9 Å². The molecule has 0 aliphatic heterocycles. The molecule has 1 N–H and O–H groups in total. The van der Waals surface area contributed by atoms with Gasteiger partial charge in [0.2, 0.25) is 0 Å². The average molecular weight is 221 g/mol. The Morgan fingerprint density at radius 1 is 1.67 bits per heavy atom. The van der Waals surface area contributed by atoms with E-state index >= 15 is 0 Å². The number of imidazole rings is 1. The van der Waals surface area contributed by atoms with Crippen molar-refractivity contribution in [3.05, 3.63) is 23.0 Å². The molecule has 4 heteroatoms. The van der Waals surface area contributed by atoms with E-state index in [0.717, 1.165) is 29.2 Å². The number of aromatic nitrogens is 2. The van der Waals surface area contributed by atoms with Gasteiger partial charge in [-0.15, -0.1) is 11.3 Å². The number of hydrogen-bond donors (Lipinski definition) is 1. The summed E-state index contributed by atoms with van der Waals surface area (Å²) in [6.07, 6.45) is 3.43. The van der Waals surface area contributed by atoms with E-state index in [1.807, 2.05) is 0 Å². The molecular formula is C11H15N3S. The van der Waals surface area contributed by atoms with Crippen LogP contribution in [-0.2, 0) is 6.54 Å². The highest BCUT2D eigenvalue weighted by Crippen LogP contribution is 2.29. The summed E-state index contributed by atoms with van der Waals surface area (Å²) in [7, 11) is 0. The van der Waals surface area contributed by atoms with Crippen molar-refractivity contribution in [2.24, 2.45) is 5.92 Å². The zero-order chi connectivity index (χ0) is 10.4. The van der Waals surface area contributed by atoms with Crippen LogP contribution in [0.2, 0.25) is 0 Å². The van der Waals surface area contributed by atoms with Crippen LogP contribution in [0.3, 0.4) is 0 Å². The highest BCUT2D eigenvalue weighted by molar-refractivity contribution is 7.15. The van der Waals surface area contributed by atoms with E-state index in [1.165, 1.54) is 12.1 Å². The van der Waals surface area contributed by atoms with Crippen LogP contribution in [0.5, 0.6) is 0 Å². The van der Waals surface area contributed by atoms with E-state index in [2.05, 4.69) is 40.1 Å². The van der Waals surface area contributed by atoms with Gasteiger partial charge in [-0.1, -0.05) is 6.92 Å². The highest BCUT2D eigenvalue weighted by atomic mass is 32.1. The van der Waals surface area contributed by atoms with Gasteiger partial charge in [-0.25, -0.2) is 4.98 Å². The Labute approximate surface area is 93.1 Å². The molecular weight excluding hydrogens is 206 g/mol. The lowest BCUT2D eigenvalue weighted by Crippen LogP contribution is -2.18. The lowest BCUT2D eigenvalue weighted by atomic mass is 10.3. The zero-order valence-corrected chi connectivity index (χ0v) is 9.84. The third kappa shape index (κ3) is 1.58. The second-order valence-electron chi connectivity index (χ2n) is 4.40. The topological polar surface area (TPSA) is 29.3 Å². The molecule has 3 rings (SSSR count). The average Bonchev–Trinajstić information content (AvgIpc) is 2.59. The molecule has 2 atom stereocenters. The lowest BCUT2D eigenvalue weighted by Gasteiger charge is -2.03. The fourth-order valence-electron chi connectivity index (χ4n) is 1.99. The molecule has 0 amide bonds. The maximum Gasteiger partial charge on any atom is 0.194 e. The van der Waals surface area contributed by atoms with Crippen LogP contribution in [0.25, 0.3) is 4.96 Å². The molecule has 0 spiro atoms. The predicted molar refractivity (Wildman–Crippen MR) is 62.2 cm³/mol. The minimum absolute atomic E-state index is 0.730. The molecule has 15 heavy (non-hydrogen) atoms. The molecule has 0 radical (unpaired) electrons. The van der Waals surface area contributed by atoms with E-state index in [4.69, 9.17) is 0 Å². The molecule has 0 aromatic carbocycles. The Balaban J connectivity index is 1.82. The molecule has 2 unspecified atom stereocenters. The van der Waals surface area contributed by atoms with Gasteiger partial charge in [0, 0.05) is 24.2 Å². The molecule has 2 heterocycles. The molecule has 80 valence electrons. The van der Waals surface area contributed by atoms with Gasteiger partial charge in [-0.2, -0.15) is 0 Å². The van der Waals surface area contributed by atoms with E-state index in [0.29, 0.717) is 0 Å². The first-order valence-electron chi connectivity index (χ1n) is 5.40. The largest absolute Gasteiger partial charge is 0.308 e. The molecule has 1 aliphatic carbocycles. The van der Waals surface area contributed by atoms with Crippen molar-refractivity contribution in [1.29, 1.82) is 0 Å². The fourth-order valence-corrected chi connectivity index (χ4v) is 2.77. The number of hydrogen-bond acceptors (Lipinski definition) is 3. The van der Waals surface area contributed by atoms with Crippen molar-refractivity contribution in [2.75, 3.05) is 0 Å². The summed E-state index contributed by atoms with van der Waals surface area (Å²) >= 11 is 1.70. The first kappa shape index (κ1) is 9.36. The summed E-state index contributed by atoms with van der Waals surface area (Å²) in [6.45, 7) is 5.33. The second-order valence-corrected chi connectivity index (χ2v) is 5.27. The summed E-state index contributed by atoms with van der Waals surface area (Å²) < 4.78 is 2.19. The van der Waals surface area contributed by atoms with Crippen molar-refractivity contribution in [1.82, 2.24) is 14.7 Å². The Morgan fingerprint density at radius 2 is 2.47 bits per heavy atom. The van der Waals surface area contributed by atoms with Crippen molar-refractivity contribution < 1.29 is 0 Å². The molecule has 1 saturated carbocycles. The predicted octanol–water partition coefficient (Wildman–Crippen LogP) is 2.20. The van der Waals surface area contributed by atoms with Gasteiger partial charge in [-0.3, -0.25) is 4.40 Å². The Kier molecular flexibility index (Phi) is 2.07. The first-order valence-corrected chi connectivity index (χ1v) is 6.28. The first-order chi connectivity index (χ1) is 7.25. The van der Waals surface area contributed by atoms with Gasteiger partial charge in [0.25, 0.3) is 0 Å². The number of nitrogens with zero attached hydrogens (tertiary/aromatic N) is 2. The molecule has 1 aliphatic rings. The van der Waals surface area contributed by atoms with E-state index in [9.17, 15) is 0 Å². The Hall–Kier alpha value is -0.870. The summed E-state index contributed by atoms with van der Waals surface area (Å²) in [5.41, 5.74) is 2.47. The molecule has 2 aromatic rings. The molecule has 0 bridgehead atoms. The van der Waals surface area contributed by atoms with Crippen molar-refractivity contribution >= 4 is 16.3 Å². The summed E-state index contributed by atoms with van der Waals surface area (Å²) in [4.78, 5) is 5.64. The Bertz CT molecular complexity index is 485. The number of thiazole rings is 1. The van der Waals surface area contributed by atoms with Gasteiger partial charge in [-0.05, 0) is 19.3 Å². The summed E-state index contributed by atoms with van der Waals surface area (Å²) in [5.74, 6) is 0.858. The molecule has 3 nitrogen and oxygen atoms in total. The third-order valence-electron chi connectivity index (χ3n) is 3.20. The van der Waals surface area contributed by atoms with Gasteiger partial charge in [0.1, 0.15) is 0 Å². The minimum atomic E-state index is 0.730. The molecule has 2 aromatic heterocycles. The summed E-state index contributed by atoms with van der Waals surface area (Å²) in [5, 5.41) is 5.66. The van der Waals surface area contributed by atoms with Crippen LogP contribution in [0.4, 0.5) is 0 Å². The van der Waals surface area contributed by atoms with Crippen molar-refractivity contribution in [3.63, 3.8) is 0 Å². The van der Waals surface area contributed by atoms with Gasteiger partial charge >= 0.3 is 0 Å². The van der Waals surface area contributed by atoms with Crippen molar-refractivity contribution in [3.8, 4) is 0 Å². The monoisotopic (exact) mass is 221 g/mol. The van der Waals surface area contributed by atoms with Gasteiger partial charge < -0.3 is 5.32 Å². The fraction of sp³-hybridized carbons (Fsp3) is 0.545. The summed E-state index contributed by atoms with van der Waals surface area (Å²) in [6, 6.07) is 0.730. The zero-order valence-electron chi connectivity index (χ0n) is 9.03. The maximum atomic E-state index is 4.53. The quantitative estimate of drug-likeness (QED) is 0.861. The van der Waals surface area contributed by atoms with E-state index in [-0.39, 0.29) is 0 Å². The third-order valence-corrected chi connectivity index (χ3v) is 3.96. The maximum absolute atomic E-state index is 4.53. The smallest absolute Gasteiger partial charge is 0.194 e. The number of rotatable bonds is 3. The van der Waals surface area contributed by atoms with Crippen LogP contribution in [0.15, 0.2) is 11.6 Å². The van der Waals surface area contributed by atoms with Crippen LogP contribution in [0.1, 0.15) is 24.7 Å². The van der Waals surface area contributed by atoms with Gasteiger partial charge in [0.05, 0.1) is 11.4 Å². The molecule has 0 saturated heterocycles. The number of fused-ring (bicyclic) bond motifs is 1. The van der Waals surface area contributed by atoms with Crippen LogP contribution in [0, 0.1) is 12.8 Å². The van der Waals surface area contributed by atoms with E-state index < -0.39 is 0 Å². The molecule has 1 fully saturated rings. The Morgan fingerprint density at radius 3 is 3.20 bits per heavy atom.